The van der Waals surface area contributed by atoms with E-state index in [1.54, 1.807) is 70.3 Å². The molecule has 0 bridgehead atoms. The number of nitrogens with one attached hydrogen (secondary N) is 1. The summed E-state index contributed by atoms with van der Waals surface area (Å²) in [5, 5.41) is 7.41. The highest BCUT2D eigenvalue weighted by atomic mass is 32.2. The summed E-state index contributed by atoms with van der Waals surface area (Å²) >= 11 is 0. The number of hydrogen-bond donors (Lipinski definition) is 2. The van der Waals surface area contributed by atoms with E-state index in [0.29, 0.717) is 16.9 Å². The molecule has 5 aromatic rings. The van der Waals surface area contributed by atoms with E-state index in [-0.39, 0.29) is 34.0 Å². The van der Waals surface area contributed by atoms with E-state index in [1.165, 1.54) is 48.9 Å². The van der Waals surface area contributed by atoms with Gasteiger partial charge in [0.05, 0.1) is 23.6 Å². The van der Waals surface area contributed by atoms with Gasteiger partial charge in [-0.25, -0.2) is 27.0 Å². The number of fused-ring (bicyclic) bond motifs is 1. The van der Waals surface area contributed by atoms with Crippen molar-refractivity contribution in [1.29, 1.82) is 0 Å². The molecule has 14 nitrogen and oxygen atoms in total. The lowest BCUT2D eigenvalue weighted by atomic mass is 9.87. The molecule has 16 heteroatoms. The van der Waals surface area contributed by atoms with Gasteiger partial charge in [0.2, 0.25) is 12.2 Å². The lowest BCUT2D eigenvalue weighted by Crippen LogP contribution is -2.45. The molecule has 5 rings (SSSR count). The maximum atomic E-state index is 13.8. The summed E-state index contributed by atoms with van der Waals surface area (Å²) in [6.07, 6.45) is 0.270. The fourth-order valence-electron chi connectivity index (χ4n) is 5.21. The molecule has 0 aliphatic carbocycles. The van der Waals surface area contributed by atoms with E-state index in [9.17, 15) is 27.2 Å². The average Bonchev–Trinajstić information content (AvgIpc) is 3.53. The van der Waals surface area contributed by atoms with Crippen molar-refractivity contribution in [2.45, 2.75) is 57.8 Å². The SMILES string of the molecule is COc1cc(S(C)(=O)=O)ccc1N(C(=O)O[C@@H](C)OC(=O)[C@@H](N)C(C)(C)C)c1nc2ccc(-c3ccc(NC(=O)[C@H](C)c4ccc(F)cc4)cc3)cn2n1. The van der Waals surface area contributed by atoms with Crippen LogP contribution in [0.2, 0.25) is 0 Å². The van der Waals surface area contributed by atoms with E-state index < -0.39 is 45.6 Å². The van der Waals surface area contributed by atoms with Crippen molar-refractivity contribution in [3.05, 3.63) is 96.4 Å². The molecule has 0 aliphatic rings. The lowest BCUT2D eigenvalue weighted by Gasteiger charge is -2.27. The van der Waals surface area contributed by atoms with Crippen LogP contribution in [0.1, 0.15) is 46.1 Å². The fraction of sp³-hybridized carbons (Fsp3) is 0.289. The number of carbonyl (C=O) groups is 3. The molecule has 3 atom stereocenters. The number of aromatic nitrogens is 3. The molecule has 54 heavy (non-hydrogen) atoms. The van der Waals surface area contributed by atoms with E-state index in [1.807, 2.05) is 12.1 Å². The Labute approximate surface area is 312 Å². The number of amides is 2. The van der Waals surface area contributed by atoms with Gasteiger partial charge in [-0.3, -0.25) is 9.59 Å². The molecule has 284 valence electrons. The fourth-order valence-corrected chi connectivity index (χ4v) is 5.84. The predicted molar refractivity (Wildman–Crippen MR) is 200 cm³/mol. The molecule has 3 N–H and O–H groups in total. The minimum Gasteiger partial charge on any atom is -0.495 e. The lowest BCUT2D eigenvalue weighted by molar-refractivity contribution is -0.168. The van der Waals surface area contributed by atoms with Crippen LogP contribution in [0, 0.1) is 11.2 Å². The van der Waals surface area contributed by atoms with Gasteiger partial charge in [-0.1, -0.05) is 45.0 Å². The molecule has 0 saturated heterocycles. The highest BCUT2D eigenvalue weighted by Crippen LogP contribution is 2.36. The molecule has 0 fully saturated rings. The number of nitrogens with two attached hydrogens (primary N) is 1. The zero-order valence-corrected chi connectivity index (χ0v) is 31.5. The number of pyridine rings is 1. The highest BCUT2D eigenvalue weighted by Gasteiger charge is 2.33. The van der Waals surface area contributed by atoms with Gasteiger partial charge in [-0.05, 0) is 72.0 Å². The first-order valence-corrected chi connectivity index (χ1v) is 18.6. The average molecular weight is 761 g/mol. The van der Waals surface area contributed by atoms with E-state index >= 15 is 0 Å². The van der Waals surface area contributed by atoms with Gasteiger partial charge >= 0.3 is 12.1 Å². The van der Waals surface area contributed by atoms with Gasteiger partial charge in [0, 0.05) is 36.7 Å². The molecule has 0 spiro atoms. The number of carbonyl (C=O) groups excluding carboxylic acids is 3. The minimum atomic E-state index is -3.64. The quantitative estimate of drug-likeness (QED) is 0.115. The number of benzene rings is 3. The summed E-state index contributed by atoms with van der Waals surface area (Å²) in [7, 11) is -2.34. The number of esters is 1. The Morgan fingerprint density at radius 3 is 2.19 bits per heavy atom. The molecule has 0 radical (unpaired) electrons. The molecule has 0 aliphatic heterocycles. The Bertz CT molecular complexity index is 2290. The number of sulfone groups is 1. The summed E-state index contributed by atoms with van der Waals surface area (Å²) in [6, 6.07) is 19.2. The van der Waals surface area contributed by atoms with Crippen LogP contribution in [0.25, 0.3) is 16.8 Å². The Balaban J connectivity index is 1.43. The Kier molecular flexibility index (Phi) is 11.4. The Hall–Kier alpha value is -5.87. The summed E-state index contributed by atoms with van der Waals surface area (Å²) in [4.78, 5) is 44.8. The van der Waals surface area contributed by atoms with Crippen LogP contribution in [0.4, 0.5) is 26.5 Å². The van der Waals surface area contributed by atoms with Crippen molar-refractivity contribution in [2.75, 3.05) is 23.6 Å². The molecule has 2 aromatic heterocycles. The summed E-state index contributed by atoms with van der Waals surface area (Å²) in [5.74, 6) is -2.09. The number of anilines is 3. The third-order valence-electron chi connectivity index (χ3n) is 8.51. The van der Waals surface area contributed by atoms with E-state index in [2.05, 4.69) is 15.4 Å². The number of methoxy groups -OCH3 is 1. The largest absolute Gasteiger partial charge is 0.495 e. The van der Waals surface area contributed by atoms with Crippen LogP contribution in [-0.4, -0.2) is 66.7 Å². The first-order valence-electron chi connectivity index (χ1n) is 16.7. The van der Waals surface area contributed by atoms with Gasteiger partial charge < -0.3 is 25.3 Å². The first-order chi connectivity index (χ1) is 25.3. The minimum absolute atomic E-state index is 0.00642. The number of ether oxygens (including phenoxy) is 3. The number of rotatable bonds is 11. The van der Waals surface area contributed by atoms with Crippen LogP contribution in [0.5, 0.6) is 5.75 Å². The molecule has 2 amide bonds. The molecule has 3 aromatic carbocycles. The van der Waals surface area contributed by atoms with Crippen molar-refractivity contribution in [1.82, 2.24) is 14.6 Å². The zero-order valence-electron chi connectivity index (χ0n) is 30.7. The van der Waals surface area contributed by atoms with Crippen LogP contribution in [0.3, 0.4) is 0 Å². The maximum Gasteiger partial charge on any atom is 0.424 e. The number of hydrogen-bond acceptors (Lipinski definition) is 11. The molecular formula is C38H41FN6O8S. The summed E-state index contributed by atoms with van der Waals surface area (Å²) in [5.41, 5.74) is 8.52. The predicted octanol–water partition coefficient (Wildman–Crippen LogP) is 6.23. The van der Waals surface area contributed by atoms with Gasteiger partial charge in [0.1, 0.15) is 17.6 Å². The van der Waals surface area contributed by atoms with Crippen molar-refractivity contribution >= 4 is 50.8 Å². The molecule has 0 unspecified atom stereocenters. The highest BCUT2D eigenvalue weighted by molar-refractivity contribution is 7.90. The first kappa shape index (κ1) is 39.3. The van der Waals surface area contributed by atoms with Crippen molar-refractivity contribution < 1.29 is 41.4 Å². The van der Waals surface area contributed by atoms with E-state index in [4.69, 9.17) is 19.9 Å². The van der Waals surface area contributed by atoms with Crippen molar-refractivity contribution in [3.63, 3.8) is 0 Å². The van der Waals surface area contributed by atoms with Gasteiger partial charge in [-0.15, -0.1) is 5.10 Å². The van der Waals surface area contributed by atoms with Gasteiger partial charge in [0.25, 0.3) is 5.95 Å². The topological polar surface area (TPSA) is 185 Å². The van der Waals surface area contributed by atoms with Gasteiger partial charge in [0.15, 0.2) is 15.5 Å². The molecule has 0 saturated carbocycles. The van der Waals surface area contributed by atoms with Crippen LogP contribution < -0.4 is 20.7 Å². The van der Waals surface area contributed by atoms with Crippen LogP contribution >= 0.6 is 0 Å². The van der Waals surface area contributed by atoms with Crippen LogP contribution in [0.15, 0.2) is 90.0 Å². The third kappa shape index (κ3) is 9.01. The maximum absolute atomic E-state index is 13.8. The standard InChI is InChI=1S/C38H41FN6O8S/c1-22(24-8-13-27(39)14-9-24)34(46)41-28-15-10-25(11-16-28)26-12-19-32-42-36(43-44(32)21-26)45(30-18-17-29(54(7,49)50)20-31(30)51-6)37(48)53-23(2)52-35(47)33(40)38(3,4)5/h8-23,33H,40H2,1-7H3,(H,41,46)/t22-,23+,33-/m1/s1. The Morgan fingerprint density at radius 1 is 0.926 bits per heavy atom. The normalized spacial score (nSPS) is 13.4. The molecular weight excluding hydrogens is 720 g/mol. The monoisotopic (exact) mass is 760 g/mol. The van der Waals surface area contributed by atoms with Crippen molar-refractivity contribution in [3.8, 4) is 16.9 Å². The van der Waals surface area contributed by atoms with Gasteiger partial charge in [-0.2, -0.15) is 4.98 Å². The summed E-state index contributed by atoms with van der Waals surface area (Å²) in [6.45, 7) is 8.37. The smallest absolute Gasteiger partial charge is 0.424 e. The second kappa shape index (κ2) is 15.6. The second-order valence-electron chi connectivity index (χ2n) is 13.6. The number of nitrogens with zero attached hydrogens (tertiary/aromatic N) is 4. The van der Waals surface area contributed by atoms with Crippen molar-refractivity contribution in [2.24, 2.45) is 11.1 Å². The Morgan fingerprint density at radius 2 is 1.57 bits per heavy atom. The zero-order chi connectivity index (χ0) is 39.5. The van der Waals surface area contributed by atoms with Crippen LogP contribution in [-0.2, 0) is 28.9 Å². The number of halogens is 1. The summed E-state index contributed by atoms with van der Waals surface area (Å²) < 4.78 is 55.7. The van der Waals surface area contributed by atoms with E-state index in [0.717, 1.165) is 22.3 Å². The second-order valence-corrected chi connectivity index (χ2v) is 15.7. The third-order valence-corrected chi connectivity index (χ3v) is 9.62. The molecule has 2 heterocycles.